The average molecular weight is 248 g/mol. The van der Waals surface area contributed by atoms with Gasteiger partial charge in [-0.15, -0.1) is 0 Å². The van der Waals surface area contributed by atoms with Crippen LogP contribution >= 0.6 is 15.9 Å². The molecule has 1 aromatic heterocycles. The zero-order valence-corrected chi connectivity index (χ0v) is 9.29. The van der Waals surface area contributed by atoms with Crippen LogP contribution in [0.4, 0.5) is 0 Å². The predicted molar refractivity (Wildman–Crippen MR) is 61.4 cm³/mol. The Labute approximate surface area is 91.3 Å². The minimum absolute atomic E-state index is 0.777. The molecule has 0 spiro atoms. The highest BCUT2D eigenvalue weighted by molar-refractivity contribution is 9.10. The molecule has 0 bridgehead atoms. The molecule has 0 atom stereocenters. The summed E-state index contributed by atoms with van der Waals surface area (Å²) in [5, 5.41) is 1.32. The zero-order valence-electron chi connectivity index (χ0n) is 7.70. The van der Waals surface area contributed by atoms with E-state index in [2.05, 4.69) is 45.2 Å². The van der Waals surface area contributed by atoms with Crippen molar-refractivity contribution < 1.29 is 0 Å². The van der Waals surface area contributed by atoms with Gasteiger partial charge in [0.15, 0.2) is 0 Å². The molecule has 1 heterocycles. The number of rotatable bonds is 1. The van der Waals surface area contributed by atoms with Gasteiger partial charge < -0.3 is 0 Å². The largest absolute Gasteiger partial charge is 0.241 e. The van der Waals surface area contributed by atoms with Crippen LogP contribution < -0.4 is 0 Å². The van der Waals surface area contributed by atoms with Crippen LogP contribution in [-0.2, 0) is 0 Å². The lowest BCUT2D eigenvalue weighted by atomic mass is 10.1. The van der Waals surface area contributed by atoms with Gasteiger partial charge in [-0.1, -0.05) is 18.2 Å². The molecule has 2 aromatic rings. The van der Waals surface area contributed by atoms with E-state index in [1.807, 2.05) is 6.07 Å². The summed E-state index contributed by atoms with van der Waals surface area (Å²) in [4.78, 5) is 4.46. The van der Waals surface area contributed by atoms with Crippen LogP contribution in [0.25, 0.3) is 10.9 Å². The molecule has 1 aromatic carbocycles. The van der Waals surface area contributed by atoms with Crippen LogP contribution in [0.15, 0.2) is 34.9 Å². The molecule has 0 saturated heterocycles. The fourth-order valence-corrected chi connectivity index (χ4v) is 2.34. The Morgan fingerprint density at radius 2 is 2.00 bits per heavy atom. The third-order valence-corrected chi connectivity index (χ3v) is 3.14. The van der Waals surface area contributed by atoms with Gasteiger partial charge in [0.25, 0.3) is 0 Å². The van der Waals surface area contributed by atoms with Crippen LogP contribution in [0, 0.1) is 0 Å². The summed E-state index contributed by atoms with van der Waals surface area (Å²) in [5.41, 5.74) is 2.56. The van der Waals surface area contributed by atoms with Gasteiger partial charge >= 0.3 is 0 Å². The van der Waals surface area contributed by atoms with Crippen molar-refractivity contribution in [2.24, 2.45) is 0 Å². The highest BCUT2D eigenvalue weighted by atomic mass is 79.9. The standard InChI is InChI=1S/C12H10BrN/c13-12-7-10(8-5-6-8)9-3-1-2-4-11(9)14-12/h1-4,7-8H,5-6H2. The number of pyridine rings is 1. The Bertz CT molecular complexity index is 489. The van der Waals surface area contributed by atoms with Crippen LogP contribution in [0.3, 0.4) is 0 Å². The summed E-state index contributed by atoms with van der Waals surface area (Å²) in [6.45, 7) is 0. The molecular formula is C12H10BrN. The summed E-state index contributed by atoms with van der Waals surface area (Å²) in [5.74, 6) is 0.777. The summed E-state index contributed by atoms with van der Waals surface area (Å²) >= 11 is 3.47. The molecular weight excluding hydrogens is 238 g/mol. The van der Waals surface area contributed by atoms with Crippen LogP contribution in [-0.4, -0.2) is 4.98 Å². The highest BCUT2D eigenvalue weighted by Gasteiger charge is 2.25. The zero-order chi connectivity index (χ0) is 9.54. The maximum atomic E-state index is 4.46. The molecule has 70 valence electrons. The van der Waals surface area contributed by atoms with Crippen LogP contribution in [0.2, 0.25) is 0 Å². The number of benzene rings is 1. The first-order valence-electron chi connectivity index (χ1n) is 4.90. The Morgan fingerprint density at radius 3 is 2.79 bits per heavy atom. The normalized spacial score (nSPS) is 16.1. The summed E-state index contributed by atoms with van der Waals surface area (Å²) < 4.78 is 0.957. The quantitative estimate of drug-likeness (QED) is 0.698. The van der Waals surface area contributed by atoms with Gasteiger partial charge in [0.1, 0.15) is 4.60 Å². The van der Waals surface area contributed by atoms with Crippen molar-refractivity contribution in [3.05, 3.63) is 40.5 Å². The van der Waals surface area contributed by atoms with E-state index in [4.69, 9.17) is 0 Å². The first-order chi connectivity index (χ1) is 6.84. The monoisotopic (exact) mass is 247 g/mol. The highest BCUT2D eigenvalue weighted by Crippen LogP contribution is 2.43. The molecule has 2 heteroatoms. The Kier molecular flexibility index (Phi) is 1.84. The van der Waals surface area contributed by atoms with Gasteiger partial charge in [-0.25, -0.2) is 4.98 Å². The first-order valence-corrected chi connectivity index (χ1v) is 5.69. The third-order valence-electron chi connectivity index (χ3n) is 2.73. The predicted octanol–water partition coefficient (Wildman–Crippen LogP) is 3.87. The molecule has 0 N–H and O–H groups in total. The first kappa shape index (κ1) is 8.42. The smallest absolute Gasteiger partial charge is 0.107 e. The lowest BCUT2D eigenvalue weighted by molar-refractivity contribution is 1.13. The number of halogens is 1. The van der Waals surface area contributed by atoms with Gasteiger partial charge in [0.2, 0.25) is 0 Å². The lowest BCUT2D eigenvalue weighted by Gasteiger charge is -2.04. The molecule has 1 aliphatic rings. The summed E-state index contributed by atoms with van der Waals surface area (Å²) in [6, 6.07) is 10.5. The van der Waals surface area contributed by atoms with E-state index in [0.29, 0.717) is 0 Å². The van der Waals surface area contributed by atoms with Gasteiger partial charge in [-0.2, -0.15) is 0 Å². The fraction of sp³-hybridized carbons (Fsp3) is 0.250. The van der Waals surface area contributed by atoms with E-state index >= 15 is 0 Å². The molecule has 1 aliphatic carbocycles. The minimum Gasteiger partial charge on any atom is -0.241 e. The van der Waals surface area contributed by atoms with Crippen molar-refractivity contribution in [3.8, 4) is 0 Å². The van der Waals surface area contributed by atoms with Gasteiger partial charge in [0.05, 0.1) is 5.52 Å². The minimum atomic E-state index is 0.777. The molecule has 3 rings (SSSR count). The molecule has 0 unspecified atom stereocenters. The van der Waals surface area contributed by atoms with E-state index in [-0.39, 0.29) is 0 Å². The number of nitrogens with zero attached hydrogens (tertiary/aromatic N) is 1. The number of hydrogen-bond donors (Lipinski definition) is 0. The van der Waals surface area contributed by atoms with Crippen molar-refractivity contribution in [1.29, 1.82) is 0 Å². The lowest BCUT2D eigenvalue weighted by Crippen LogP contribution is -1.87. The van der Waals surface area contributed by atoms with Crippen LogP contribution in [0.1, 0.15) is 24.3 Å². The summed E-state index contributed by atoms with van der Waals surface area (Å²) in [6.07, 6.45) is 2.67. The molecule has 14 heavy (non-hydrogen) atoms. The Morgan fingerprint density at radius 1 is 1.21 bits per heavy atom. The number of hydrogen-bond acceptors (Lipinski definition) is 1. The van der Waals surface area contributed by atoms with E-state index in [0.717, 1.165) is 16.0 Å². The van der Waals surface area contributed by atoms with Crippen molar-refractivity contribution in [1.82, 2.24) is 4.98 Å². The molecule has 1 saturated carbocycles. The van der Waals surface area contributed by atoms with Crippen molar-refractivity contribution >= 4 is 26.8 Å². The maximum Gasteiger partial charge on any atom is 0.107 e. The second kappa shape index (κ2) is 3.06. The second-order valence-corrected chi connectivity index (χ2v) is 4.64. The van der Waals surface area contributed by atoms with Crippen molar-refractivity contribution in [2.45, 2.75) is 18.8 Å². The molecule has 0 amide bonds. The Balaban J connectivity index is 2.34. The molecule has 1 fully saturated rings. The van der Waals surface area contributed by atoms with Gasteiger partial charge in [0, 0.05) is 5.39 Å². The number of para-hydroxylation sites is 1. The summed E-state index contributed by atoms with van der Waals surface area (Å²) in [7, 11) is 0. The van der Waals surface area contributed by atoms with E-state index in [1.165, 1.54) is 23.8 Å². The third kappa shape index (κ3) is 1.34. The van der Waals surface area contributed by atoms with Crippen molar-refractivity contribution in [3.63, 3.8) is 0 Å². The Hall–Kier alpha value is -0.890. The molecule has 0 aliphatic heterocycles. The van der Waals surface area contributed by atoms with Crippen molar-refractivity contribution in [2.75, 3.05) is 0 Å². The second-order valence-electron chi connectivity index (χ2n) is 3.83. The molecule has 1 nitrogen and oxygen atoms in total. The van der Waals surface area contributed by atoms with E-state index < -0.39 is 0 Å². The van der Waals surface area contributed by atoms with Gasteiger partial charge in [-0.05, 0) is 52.4 Å². The SMILES string of the molecule is Brc1cc(C2CC2)c2ccccc2n1. The number of fused-ring (bicyclic) bond motifs is 1. The van der Waals surface area contributed by atoms with E-state index in [9.17, 15) is 0 Å². The maximum absolute atomic E-state index is 4.46. The average Bonchev–Trinajstić information content (AvgIpc) is 2.99. The topological polar surface area (TPSA) is 12.9 Å². The molecule has 0 radical (unpaired) electrons. The fourth-order valence-electron chi connectivity index (χ4n) is 1.90. The van der Waals surface area contributed by atoms with Gasteiger partial charge in [-0.3, -0.25) is 0 Å². The number of aromatic nitrogens is 1. The van der Waals surface area contributed by atoms with E-state index in [1.54, 1.807) is 0 Å². The van der Waals surface area contributed by atoms with Crippen LogP contribution in [0.5, 0.6) is 0 Å².